The quantitative estimate of drug-likeness (QED) is 0.540. The summed E-state index contributed by atoms with van der Waals surface area (Å²) in [7, 11) is 0. The number of benzene rings is 1. The Bertz CT molecular complexity index is 1070. The molecule has 3 heterocycles. The molecule has 7 nitrogen and oxygen atoms in total. The molecule has 0 aliphatic heterocycles. The van der Waals surface area contributed by atoms with Gasteiger partial charge in [-0.2, -0.15) is 10.1 Å². The molecule has 7 heteroatoms. The molecule has 0 saturated heterocycles. The van der Waals surface area contributed by atoms with Crippen molar-refractivity contribution in [1.82, 2.24) is 24.9 Å². The molecule has 0 radical (unpaired) electrons. The summed E-state index contributed by atoms with van der Waals surface area (Å²) in [4.78, 5) is 8.76. The fraction of sp³-hybridized carbons (Fsp3) is 0.238. The zero-order valence-electron chi connectivity index (χ0n) is 16.1. The van der Waals surface area contributed by atoms with Crippen molar-refractivity contribution in [3.8, 4) is 17.1 Å². The second kappa shape index (κ2) is 7.64. The summed E-state index contributed by atoms with van der Waals surface area (Å²) in [5, 5.41) is 12.1. The molecule has 3 aromatic heterocycles. The SMILES string of the molecule is Cc1noc(-c2cccnc2NCc2cn(-c3ccccc3)nc2C(C)C)n1. The van der Waals surface area contributed by atoms with Gasteiger partial charge >= 0.3 is 0 Å². The van der Waals surface area contributed by atoms with Gasteiger partial charge in [0, 0.05) is 24.5 Å². The lowest BCUT2D eigenvalue weighted by Gasteiger charge is -2.09. The maximum Gasteiger partial charge on any atom is 0.261 e. The first kappa shape index (κ1) is 17.9. The second-order valence-electron chi connectivity index (χ2n) is 6.87. The Morgan fingerprint density at radius 3 is 2.64 bits per heavy atom. The maximum absolute atomic E-state index is 5.31. The molecule has 1 N–H and O–H groups in total. The molecular formula is C21H22N6O. The fourth-order valence-electron chi connectivity index (χ4n) is 3.06. The first-order valence-electron chi connectivity index (χ1n) is 9.25. The minimum absolute atomic E-state index is 0.309. The fourth-order valence-corrected chi connectivity index (χ4v) is 3.06. The lowest BCUT2D eigenvalue weighted by Crippen LogP contribution is -2.05. The van der Waals surface area contributed by atoms with E-state index in [-0.39, 0.29) is 0 Å². The molecular weight excluding hydrogens is 352 g/mol. The molecule has 0 unspecified atom stereocenters. The Labute approximate surface area is 163 Å². The van der Waals surface area contributed by atoms with Gasteiger partial charge in [-0.3, -0.25) is 0 Å². The van der Waals surface area contributed by atoms with Crippen LogP contribution >= 0.6 is 0 Å². The number of hydrogen-bond donors (Lipinski definition) is 1. The molecule has 0 spiro atoms. The lowest BCUT2D eigenvalue weighted by molar-refractivity contribution is 0.425. The third kappa shape index (κ3) is 3.64. The second-order valence-corrected chi connectivity index (χ2v) is 6.87. The van der Waals surface area contributed by atoms with Crippen LogP contribution in [0.5, 0.6) is 0 Å². The van der Waals surface area contributed by atoms with Crippen molar-refractivity contribution in [3.63, 3.8) is 0 Å². The van der Waals surface area contributed by atoms with Crippen molar-refractivity contribution in [2.45, 2.75) is 33.2 Å². The molecule has 0 atom stereocenters. The number of aryl methyl sites for hydroxylation is 1. The van der Waals surface area contributed by atoms with Crippen LogP contribution in [0.4, 0.5) is 5.82 Å². The van der Waals surface area contributed by atoms with Crippen LogP contribution in [0.25, 0.3) is 17.1 Å². The van der Waals surface area contributed by atoms with Crippen molar-refractivity contribution in [2.75, 3.05) is 5.32 Å². The Hall–Kier alpha value is -3.48. The average Bonchev–Trinajstić information content (AvgIpc) is 3.34. The van der Waals surface area contributed by atoms with E-state index in [2.05, 4.69) is 40.5 Å². The average molecular weight is 374 g/mol. The van der Waals surface area contributed by atoms with Gasteiger partial charge in [-0.05, 0) is 37.1 Å². The first-order chi connectivity index (χ1) is 13.6. The molecule has 1 aromatic carbocycles. The highest BCUT2D eigenvalue weighted by molar-refractivity contribution is 5.68. The molecule has 0 fully saturated rings. The first-order valence-corrected chi connectivity index (χ1v) is 9.25. The number of pyridine rings is 1. The highest BCUT2D eigenvalue weighted by Gasteiger charge is 2.16. The van der Waals surface area contributed by atoms with Crippen LogP contribution in [0.3, 0.4) is 0 Å². The number of para-hydroxylation sites is 1. The molecule has 0 amide bonds. The number of aromatic nitrogens is 5. The Morgan fingerprint density at radius 2 is 1.93 bits per heavy atom. The van der Waals surface area contributed by atoms with Crippen molar-refractivity contribution in [2.24, 2.45) is 0 Å². The van der Waals surface area contributed by atoms with Gasteiger partial charge in [0.15, 0.2) is 5.82 Å². The van der Waals surface area contributed by atoms with E-state index in [0.29, 0.717) is 30.0 Å². The zero-order chi connectivity index (χ0) is 19.5. The zero-order valence-corrected chi connectivity index (χ0v) is 16.1. The van der Waals surface area contributed by atoms with Gasteiger partial charge in [-0.25, -0.2) is 9.67 Å². The molecule has 0 aliphatic carbocycles. The summed E-state index contributed by atoms with van der Waals surface area (Å²) >= 11 is 0. The van der Waals surface area contributed by atoms with E-state index in [1.165, 1.54) is 0 Å². The van der Waals surface area contributed by atoms with E-state index in [4.69, 9.17) is 9.62 Å². The molecule has 0 bridgehead atoms. The predicted octanol–water partition coefficient (Wildman–Crippen LogP) is 4.36. The van der Waals surface area contributed by atoms with Crippen LogP contribution in [0.15, 0.2) is 59.4 Å². The summed E-state index contributed by atoms with van der Waals surface area (Å²) < 4.78 is 7.23. The molecule has 28 heavy (non-hydrogen) atoms. The third-order valence-corrected chi connectivity index (χ3v) is 4.40. The topological polar surface area (TPSA) is 81.7 Å². The van der Waals surface area contributed by atoms with Gasteiger partial charge in [0.25, 0.3) is 5.89 Å². The van der Waals surface area contributed by atoms with E-state index < -0.39 is 0 Å². The maximum atomic E-state index is 5.31. The Kier molecular flexibility index (Phi) is 4.89. The number of nitrogens with one attached hydrogen (secondary N) is 1. The van der Waals surface area contributed by atoms with E-state index >= 15 is 0 Å². The highest BCUT2D eigenvalue weighted by atomic mass is 16.5. The van der Waals surface area contributed by atoms with Crippen molar-refractivity contribution in [3.05, 3.63) is 71.9 Å². The van der Waals surface area contributed by atoms with E-state index in [1.807, 2.05) is 47.1 Å². The molecule has 142 valence electrons. The van der Waals surface area contributed by atoms with Crippen LogP contribution in [0.1, 0.15) is 36.8 Å². The highest BCUT2D eigenvalue weighted by Crippen LogP contribution is 2.26. The predicted molar refractivity (Wildman–Crippen MR) is 107 cm³/mol. The number of anilines is 1. The summed E-state index contributed by atoms with van der Waals surface area (Å²) in [6.45, 7) is 6.68. The van der Waals surface area contributed by atoms with Gasteiger partial charge in [0.05, 0.1) is 16.9 Å². The standard InChI is InChI=1S/C21H22N6O/c1-14(2)19-16(13-27(25-19)17-8-5-4-6-9-17)12-23-20-18(10-7-11-22-20)21-24-15(3)26-28-21/h4-11,13-14H,12H2,1-3H3,(H,22,23). The van der Waals surface area contributed by atoms with Gasteiger partial charge in [0.2, 0.25) is 0 Å². The number of nitrogens with zero attached hydrogens (tertiary/aromatic N) is 5. The van der Waals surface area contributed by atoms with E-state index in [9.17, 15) is 0 Å². The lowest BCUT2D eigenvalue weighted by atomic mass is 10.1. The van der Waals surface area contributed by atoms with Crippen molar-refractivity contribution < 1.29 is 4.52 Å². The number of hydrogen-bond acceptors (Lipinski definition) is 6. The summed E-state index contributed by atoms with van der Waals surface area (Å²) in [6.07, 6.45) is 3.81. The minimum Gasteiger partial charge on any atom is -0.365 e. The van der Waals surface area contributed by atoms with E-state index in [1.54, 1.807) is 13.1 Å². The van der Waals surface area contributed by atoms with Gasteiger partial charge in [-0.15, -0.1) is 0 Å². The Morgan fingerprint density at radius 1 is 1.11 bits per heavy atom. The van der Waals surface area contributed by atoms with Crippen LogP contribution in [0.2, 0.25) is 0 Å². The summed E-state index contributed by atoms with van der Waals surface area (Å²) in [5.41, 5.74) is 4.00. The van der Waals surface area contributed by atoms with Crippen LogP contribution in [-0.2, 0) is 6.54 Å². The van der Waals surface area contributed by atoms with E-state index in [0.717, 1.165) is 22.5 Å². The summed E-state index contributed by atoms with van der Waals surface area (Å²) in [6, 6.07) is 13.9. The monoisotopic (exact) mass is 374 g/mol. The molecule has 0 saturated carbocycles. The summed E-state index contributed by atoms with van der Waals surface area (Å²) in [5.74, 6) is 2.06. The molecule has 0 aliphatic rings. The largest absolute Gasteiger partial charge is 0.365 e. The van der Waals surface area contributed by atoms with Crippen molar-refractivity contribution >= 4 is 5.82 Å². The molecule has 4 aromatic rings. The van der Waals surface area contributed by atoms with Crippen LogP contribution < -0.4 is 5.32 Å². The number of rotatable bonds is 6. The third-order valence-electron chi connectivity index (χ3n) is 4.40. The normalized spacial score (nSPS) is 11.1. The van der Waals surface area contributed by atoms with Gasteiger partial charge in [0.1, 0.15) is 5.82 Å². The molecule has 4 rings (SSSR count). The Balaban J connectivity index is 1.61. The van der Waals surface area contributed by atoms with Crippen molar-refractivity contribution in [1.29, 1.82) is 0 Å². The van der Waals surface area contributed by atoms with Crippen LogP contribution in [-0.4, -0.2) is 24.9 Å². The van der Waals surface area contributed by atoms with Gasteiger partial charge in [-0.1, -0.05) is 37.2 Å². The minimum atomic E-state index is 0.309. The van der Waals surface area contributed by atoms with Gasteiger partial charge < -0.3 is 9.84 Å². The van der Waals surface area contributed by atoms with Crippen LogP contribution in [0, 0.1) is 6.92 Å². The smallest absolute Gasteiger partial charge is 0.261 e.